The fourth-order valence-electron chi connectivity index (χ4n) is 2.71. The zero-order chi connectivity index (χ0) is 11.7. The first-order valence-electron chi connectivity index (χ1n) is 6.49. The van der Waals surface area contributed by atoms with Crippen LogP contribution in [0.5, 0.6) is 5.75 Å². The Labute approximate surface area is 115 Å². The van der Waals surface area contributed by atoms with Crippen molar-refractivity contribution >= 4 is 12.4 Å². The van der Waals surface area contributed by atoms with Crippen LogP contribution in [-0.2, 0) is 13.0 Å². The van der Waals surface area contributed by atoms with Gasteiger partial charge in [0.2, 0.25) is 0 Å². The summed E-state index contributed by atoms with van der Waals surface area (Å²) in [6.07, 6.45) is 2.64. The summed E-state index contributed by atoms with van der Waals surface area (Å²) in [7, 11) is 2.15. The standard InChI is InChI=1S/C14H20N2O.ClH/c1-16-7-5-14(10-16)17-13-3-2-12-9-15-6-4-11(12)8-13;/h2-3,8,14-15H,4-7,9-10H2,1H3;1H/t14-;/m1./s1. The number of likely N-dealkylation sites (tertiary alicyclic amines) is 1. The van der Waals surface area contributed by atoms with Crippen LogP contribution >= 0.6 is 12.4 Å². The number of rotatable bonds is 2. The first kappa shape index (κ1) is 13.7. The molecule has 0 spiro atoms. The molecule has 2 aliphatic heterocycles. The first-order valence-corrected chi connectivity index (χ1v) is 6.49. The van der Waals surface area contributed by atoms with E-state index < -0.39 is 0 Å². The van der Waals surface area contributed by atoms with E-state index in [4.69, 9.17) is 4.74 Å². The molecule has 1 aromatic rings. The van der Waals surface area contributed by atoms with Gasteiger partial charge in [0.05, 0.1) is 0 Å². The fraction of sp³-hybridized carbons (Fsp3) is 0.571. The van der Waals surface area contributed by atoms with Crippen molar-refractivity contribution < 1.29 is 4.74 Å². The van der Waals surface area contributed by atoms with Gasteiger partial charge in [-0.05, 0) is 49.7 Å². The number of fused-ring (bicyclic) bond motifs is 1. The van der Waals surface area contributed by atoms with Gasteiger partial charge < -0.3 is 15.0 Å². The van der Waals surface area contributed by atoms with Crippen molar-refractivity contribution in [3.8, 4) is 5.75 Å². The predicted molar refractivity (Wildman–Crippen MR) is 75.6 cm³/mol. The van der Waals surface area contributed by atoms with Crippen molar-refractivity contribution in [3.05, 3.63) is 29.3 Å². The van der Waals surface area contributed by atoms with E-state index in [0.29, 0.717) is 6.10 Å². The third-order valence-corrected chi connectivity index (χ3v) is 3.72. The number of halogens is 1. The molecule has 1 N–H and O–H groups in total. The fourth-order valence-corrected chi connectivity index (χ4v) is 2.71. The SMILES string of the molecule is CN1CC[C@@H](Oc2ccc3c(c2)CCNC3)C1.Cl. The molecule has 0 amide bonds. The van der Waals surface area contributed by atoms with E-state index >= 15 is 0 Å². The van der Waals surface area contributed by atoms with Crippen molar-refractivity contribution in [3.63, 3.8) is 0 Å². The van der Waals surface area contributed by atoms with E-state index in [1.807, 2.05) is 0 Å². The van der Waals surface area contributed by atoms with Gasteiger partial charge in [-0.3, -0.25) is 0 Å². The summed E-state index contributed by atoms with van der Waals surface area (Å²) >= 11 is 0. The summed E-state index contributed by atoms with van der Waals surface area (Å²) in [6, 6.07) is 6.55. The molecule has 3 nitrogen and oxygen atoms in total. The van der Waals surface area contributed by atoms with Crippen molar-refractivity contribution in [1.82, 2.24) is 10.2 Å². The Morgan fingerprint density at radius 1 is 1.33 bits per heavy atom. The lowest BCUT2D eigenvalue weighted by Gasteiger charge is -2.19. The predicted octanol–water partition coefficient (Wildman–Crippen LogP) is 1.84. The highest BCUT2D eigenvalue weighted by Gasteiger charge is 2.21. The summed E-state index contributed by atoms with van der Waals surface area (Å²) in [4.78, 5) is 2.33. The Morgan fingerprint density at radius 2 is 2.22 bits per heavy atom. The maximum absolute atomic E-state index is 6.05. The van der Waals surface area contributed by atoms with E-state index in [2.05, 4.69) is 35.5 Å². The lowest BCUT2D eigenvalue weighted by Crippen LogP contribution is -2.24. The number of likely N-dealkylation sites (N-methyl/N-ethyl adjacent to an activating group) is 1. The minimum Gasteiger partial charge on any atom is -0.489 e. The molecule has 1 fully saturated rings. The van der Waals surface area contributed by atoms with Crippen molar-refractivity contribution in [2.24, 2.45) is 0 Å². The smallest absolute Gasteiger partial charge is 0.120 e. The molecule has 4 heteroatoms. The van der Waals surface area contributed by atoms with E-state index in [-0.39, 0.29) is 12.4 Å². The highest BCUT2D eigenvalue weighted by Crippen LogP contribution is 2.23. The lowest BCUT2D eigenvalue weighted by atomic mass is 10.0. The van der Waals surface area contributed by atoms with Crippen LogP contribution in [0.25, 0.3) is 0 Å². The molecule has 3 rings (SSSR count). The molecule has 0 saturated carbocycles. The molecule has 100 valence electrons. The van der Waals surface area contributed by atoms with Gasteiger partial charge in [-0.1, -0.05) is 6.07 Å². The molecule has 1 aromatic carbocycles. The van der Waals surface area contributed by atoms with Crippen molar-refractivity contribution in [1.29, 1.82) is 0 Å². The van der Waals surface area contributed by atoms with Gasteiger partial charge >= 0.3 is 0 Å². The zero-order valence-corrected chi connectivity index (χ0v) is 11.6. The number of nitrogens with one attached hydrogen (secondary N) is 1. The van der Waals surface area contributed by atoms with Crippen LogP contribution in [0.15, 0.2) is 18.2 Å². The monoisotopic (exact) mass is 268 g/mol. The summed E-state index contributed by atoms with van der Waals surface area (Å²) in [5, 5.41) is 3.39. The molecule has 0 bridgehead atoms. The molecule has 1 saturated heterocycles. The molecule has 0 aromatic heterocycles. The van der Waals surface area contributed by atoms with Gasteiger partial charge in [-0.15, -0.1) is 12.4 Å². The van der Waals surface area contributed by atoms with Crippen LogP contribution in [-0.4, -0.2) is 37.7 Å². The zero-order valence-electron chi connectivity index (χ0n) is 10.8. The van der Waals surface area contributed by atoms with Crippen LogP contribution in [0, 0.1) is 0 Å². The Hall–Kier alpha value is -0.770. The number of hydrogen-bond donors (Lipinski definition) is 1. The number of nitrogens with zero attached hydrogens (tertiary/aromatic N) is 1. The summed E-state index contributed by atoms with van der Waals surface area (Å²) in [5.74, 6) is 1.05. The second-order valence-corrected chi connectivity index (χ2v) is 5.15. The highest BCUT2D eigenvalue weighted by molar-refractivity contribution is 5.85. The summed E-state index contributed by atoms with van der Waals surface area (Å²) in [5.41, 5.74) is 2.87. The van der Waals surface area contributed by atoms with Crippen LogP contribution in [0.1, 0.15) is 17.5 Å². The molecule has 0 aliphatic carbocycles. The molecule has 0 radical (unpaired) electrons. The van der Waals surface area contributed by atoms with Crippen LogP contribution in [0.2, 0.25) is 0 Å². The van der Waals surface area contributed by atoms with Crippen LogP contribution < -0.4 is 10.1 Å². The average Bonchev–Trinajstić information content (AvgIpc) is 2.75. The number of hydrogen-bond acceptors (Lipinski definition) is 3. The van der Waals surface area contributed by atoms with Gasteiger partial charge in [0.1, 0.15) is 11.9 Å². The molecule has 2 aliphatic rings. The molecular formula is C14H21ClN2O. The molecule has 18 heavy (non-hydrogen) atoms. The lowest BCUT2D eigenvalue weighted by molar-refractivity contribution is 0.208. The Balaban J connectivity index is 0.00000120. The third-order valence-electron chi connectivity index (χ3n) is 3.72. The van der Waals surface area contributed by atoms with Gasteiger partial charge in [0, 0.05) is 19.6 Å². The quantitative estimate of drug-likeness (QED) is 0.886. The highest BCUT2D eigenvalue weighted by atomic mass is 35.5. The Kier molecular flexibility index (Phi) is 4.49. The van der Waals surface area contributed by atoms with Crippen molar-refractivity contribution in [2.45, 2.75) is 25.5 Å². The second kappa shape index (κ2) is 5.91. The van der Waals surface area contributed by atoms with E-state index in [1.165, 1.54) is 11.1 Å². The average molecular weight is 269 g/mol. The topological polar surface area (TPSA) is 24.5 Å². The molecule has 0 unspecified atom stereocenters. The first-order chi connectivity index (χ1) is 8.31. The normalized spacial score (nSPS) is 23.3. The maximum atomic E-state index is 6.05. The molecule has 1 atom stereocenters. The molecule has 2 heterocycles. The van der Waals surface area contributed by atoms with Crippen molar-refractivity contribution in [2.75, 3.05) is 26.7 Å². The van der Waals surface area contributed by atoms with E-state index in [0.717, 1.165) is 44.8 Å². The maximum Gasteiger partial charge on any atom is 0.120 e. The van der Waals surface area contributed by atoms with Crippen LogP contribution in [0.3, 0.4) is 0 Å². The van der Waals surface area contributed by atoms with Gasteiger partial charge in [-0.2, -0.15) is 0 Å². The van der Waals surface area contributed by atoms with E-state index in [9.17, 15) is 0 Å². The Bertz CT molecular complexity index is 411. The minimum atomic E-state index is 0. The Morgan fingerprint density at radius 3 is 3.00 bits per heavy atom. The summed E-state index contributed by atoms with van der Waals surface area (Å²) < 4.78 is 6.05. The number of benzene rings is 1. The second-order valence-electron chi connectivity index (χ2n) is 5.15. The number of ether oxygens (including phenoxy) is 1. The minimum absolute atomic E-state index is 0. The molecular weight excluding hydrogens is 248 g/mol. The largest absolute Gasteiger partial charge is 0.489 e. The van der Waals surface area contributed by atoms with E-state index in [1.54, 1.807) is 0 Å². The van der Waals surface area contributed by atoms with Gasteiger partial charge in [0.25, 0.3) is 0 Å². The van der Waals surface area contributed by atoms with Gasteiger partial charge in [-0.25, -0.2) is 0 Å². The van der Waals surface area contributed by atoms with Crippen LogP contribution in [0.4, 0.5) is 0 Å². The van der Waals surface area contributed by atoms with Gasteiger partial charge in [0.15, 0.2) is 0 Å². The third kappa shape index (κ3) is 2.97. The summed E-state index contributed by atoms with van der Waals surface area (Å²) in [6.45, 7) is 4.29.